The van der Waals surface area contributed by atoms with Crippen LogP contribution in [0.4, 0.5) is 10.2 Å². The number of hydrogen-bond acceptors (Lipinski definition) is 4. The number of nitrogens with zero attached hydrogens (tertiary/aromatic N) is 3. The van der Waals surface area contributed by atoms with Gasteiger partial charge in [0.1, 0.15) is 5.82 Å². The van der Waals surface area contributed by atoms with Gasteiger partial charge in [-0.2, -0.15) is 5.10 Å². The fraction of sp³-hybridized carbons (Fsp3) is 0.500. The van der Waals surface area contributed by atoms with E-state index < -0.39 is 0 Å². The minimum atomic E-state index is -0.170. The van der Waals surface area contributed by atoms with Crippen LogP contribution >= 0.6 is 0 Å². The molecule has 1 spiro atoms. The Morgan fingerprint density at radius 1 is 1.25 bits per heavy atom. The smallest absolute Gasteiger partial charge is 0.224 e. The average molecular weight is 380 g/mol. The maximum atomic E-state index is 14.2. The Labute approximate surface area is 164 Å². The van der Waals surface area contributed by atoms with E-state index in [1.54, 1.807) is 0 Å². The zero-order valence-electron chi connectivity index (χ0n) is 16.1. The molecule has 1 aromatic carbocycles. The van der Waals surface area contributed by atoms with Gasteiger partial charge in [0.2, 0.25) is 5.91 Å². The molecule has 1 N–H and O–H groups in total. The molecule has 3 fully saturated rings. The first kappa shape index (κ1) is 17.6. The van der Waals surface area contributed by atoms with E-state index in [0.29, 0.717) is 5.92 Å². The summed E-state index contributed by atoms with van der Waals surface area (Å²) in [5.41, 5.74) is 2.59. The number of carbonyl (C=O) groups is 1. The maximum Gasteiger partial charge on any atom is 0.224 e. The standard InChI is InChI=1S/C22H25FN4O/c1-14-2-7-20(26-25-14)27-12-19(22(13-27)8-9-22)24-21(28)11-15-3-6-17(16-4-5-16)18(23)10-15/h2-3,6-7,10,16,19H,4-5,8-9,11-13H2,1H3,(H,24,28)/t19-/m1/s1. The molecular formula is C22H25FN4O. The van der Waals surface area contributed by atoms with Crippen LogP contribution in [-0.2, 0) is 11.2 Å². The number of anilines is 1. The molecule has 146 valence electrons. The van der Waals surface area contributed by atoms with Crippen LogP contribution in [0.3, 0.4) is 0 Å². The van der Waals surface area contributed by atoms with Crippen LogP contribution in [0, 0.1) is 18.2 Å². The fourth-order valence-corrected chi connectivity index (χ4v) is 4.41. The number of hydrogen-bond donors (Lipinski definition) is 1. The quantitative estimate of drug-likeness (QED) is 0.866. The summed E-state index contributed by atoms with van der Waals surface area (Å²) in [5.74, 6) is 1.04. The van der Waals surface area contributed by atoms with E-state index in [1.165, 1.54) is 6.07 Å². The molecule has 1 aliphatic heterocycles. The van der Waals surface area contributed by atoms with Crippen LogP contribution in [0.2, 0.25) is 0 Å². The molecule has 2 saturated carbocycles. The lowest BCUT2D eigenvalue weighted by molar-refractivity contribution is -0.121. The first-order valence-electron chi connectivity index (χ1n) is 10.2. The number of aryl methyl sites for hydroxylation is 1. The highest BCUT2D eigenvalue weighted by atomic mass is 19.1. The fourth-order valence-electron chi connectivity index (χ4n) is 4.41. The summed E-state index contributed by atoms with van der Waals surface area (Å²) in [5, 5.41) is 11.7. The molecule has 28 heavy (non-hydrogen) atoms. The number of amides is 1. The minimum absolute atomic E-state index is 0.0355. The number of nitrogens with one attached hydrogen (secondary N) is 1. The zero-order valence-corrected chi connectivity index (χ0v) is 16.1. The number of benzene rings is 1. The molecule has 1 saturated heterocycles. The molecule has 2 aromatic rings. The predicted octanol–water partition coefficient (Wildman–Crippen LogP) is 3.13. The summed E-state index contributed by atoms with van der Waals surface area (Å²) in [6.45, 7) is 3.57. The minimum Gasteiger partial charge on any atom is -0.352 e. The summed E-state index contributed by atoms with van der Waals surface area (Å²) in [6, 6.07) is 9.35. The van der Waals surface area contributed by atoms with Gasteiger partial charge in [-0.3, -0.25) is 4.79 Å². The van der Waals surface area contributed by atoms with Gasteiger partial charge < -0.3 is 10.2 Å². The normalized spacial score (nSPS) is 22.5. The molecule has 2 aliphatic carbocycles. The Balaban J connectivity index is 1.23. The Morgan fingerprint density at radius 3 is 2.71 bits per heavy atom. The summed E-state index contributed by atoms with van der Waals surface area (Å²) < 4.78 is 14.2. The van der Waals surface area contributed by atoms with E-state index in [0.717, 1.165) is 61.4 Å². The van der Waals surface area contributed by atoms with Crippen molar-refractivity contribution in [1.82, 2.24) is 15.5 Å². The van der Waals surface area contributed by atoms with Crippen LogP contribution in [0.5, 0.6) is 0 Å². The van der Waals surface area contributed by atoms with E-state index >= 15 is 0 Å². The lowest BCUT2D eigenvalue weighted by atomic mass is 10.00. The predicted molar refractivity (Wildman–Crippen MR) is 105 cm³/mol. The molecular weight excluding hydrogens is 355 g/mol. The number of halogens is 1. The van der Waals surface area contributed by atoms with Crippen molar-refractivity contribution >= 4 is 11.7 Å². The molecule has 6 heteroatoms. The molecule has 0 unspecified atom stereocenters. The first-order chi connectivity index (χ1) is 13.5. The van der Waals surface area contributed by atoms with Gasteiger partial charge in [-0.15, -0.1) is 5.10 Å². The van der Waals surface area contributed by atoms with Crippen LogP contribution in [0.1, 0.15) is 48.4 Å². The van der Waals surface area contributed by atoms with Crippen molar-refractivity contribution in [2.24, 2.45) is 5.41 Å². The molecule has 3 aliphatic rings. The van der Waals surface area contributed by atoms with Gasteiger partial charge in [0.15, 0.2) is 5.82 Å². The van der Waals surface area contributed by atoms with Gasteiger partial charge in [-0.1, -0.05) is 12.1 Å². The monoisotopic (exact) mass is 380 g/mol. The lowest BCUT2D eigenvalue weighted by Gasteiger charge is -2.18. The van der Waals surface area contributed by atoms with E-state index in [-0.39, 0.29) is 29.6 Å². The van der Waals surface area contributed by atoms with Crippen molar-refractivity contribution in [2.75, 3.05) is 18.0 Å². The van der Waals surface area contributed by atoms with Crippen molar-refractivity contribution in [1.29, 1.82) is 0 Å². The second kappa shape index (κ2) is 6.54. The molecule has 2 heterocycles. The Kier molecular flexibility index (Phi) is 4.11. The number of aromatic nitrogens is 2. The third kappa shape index (κ3) is 3.36. The first-order valence-corrected chi connectivity index (χ1v) is 10.2. The Bertz CT molecular complexity index is 905. The summed E-state index contributed by atoms with van der Waals surface area (Å²) in [7, 11) is 0. The van der Waals surface area contributed by atoms with Gasteiger partial charge in [-0.05, 0) is 67.9 Å². The molecule has 0 bridgehead atoms. The molecule has 1 aromatic heterocycles. The molecule has 1 amide bonds. The highest BCUT2D eigenvalue weighted by molar-refractivity contribution is 5.79. The van der Waals surface area contributed by atoms with Gasteiger partial charge in [-0.25, -0.2) is 4.39 Å². The van der Waals surface area contributed by atoms with Crippen molar-refractivity contribution in [3.63, 3.8) is 0 Å². The van der Waals surface area contributed by atoms with E-state index in [2.05, 4.69) is 20.4 Å². The van der Waals surface area contributed by atoms with E-state index in [4.69, 9.17) is 0 Å². The second-order valence-electron chi connectivity index (χ2n) is 8.70. The Morgan fingerprint density at radius 2 is 2.07 bits per heavy atom. The van der Waals surface area contributed by atoms with Gasteiger partial charge >= 0.3 is 0 Å². The molecule has 5 nitrogen and oxygen atoms in total. The second-order valence-corrected chi connectivity index (χ2v) is 8.70. The van der Waals surface area contributed by atoms with Gasteiger partial charge in [0.25, 0.3) is 0 Å². The lowest BCUT2D eigenvalue weighted by Crippen LogP contribution is -2.42. The summed E-state index contributed by atoms with van der Waals surface area (Å²) >= 11 is 0. The molecule has 5 rings (SSSR count). The van der Waals surface area contributed by atoms with Crippen molar-refractivity contribution in [3.05, 3.63) is 53.0 Å². The highest BCUT2D eigenvalue weighted by Crippen LogP contribution is 2.53. The molecule has 0 radical (unpaired) electrons. The van der Waals surface area contributed by atoms with Gasteiger partial charge in [0, 0.05) is 18.5 Å². The third-order valence-electron chi connectivity index (χ3n) is 6.43. The summed E-state index contributed by atoms with van der Waals surface area (Å²) in [6.07, 6.45) is 4.61. The van der Waals surface area contributed by atoms with Crippen molar-refractivity contribution < 1.29 is 9.18 Å². The molecule has 1 atom stereocenters. The topological polar surface area (TPSA) is 58.1 Å². The van der Waals surface area contributed by atoms with Crippen LogP contribution in [-0.4, -0.2) is 35.2 Å². The van der Waals surface area contributed by atoms with Crippen molar-refractivity contribution in [2.45, 2.75) is 51.0 Å². The van der Waals surface area contributed by atoms with Crippen LogP contribution in [0.15, 0.2) is 30.3 Å². The number of carbonyl (C=O) groups excluding carboxylic acids is 1. The van der Waals surface area contributed by atoms with Crippen molar-refractivity contribution in [3.8, 4) is 0 Å². The van der Waals surface area contributed by atoms with E-state index in [1.807, 2.05) is 31.2 Å². The number of rotatable bonds is 5. The average Bonchev–Trinajstić information content (AvgIpc) is 3.56. The largest absolute Gasteiger partial charge is 0.352 e. The Hall–Kier alpha value is -2.50. The maximum absolute atomic E-state index is 14.2. The zero-order chi connectivity index (χ0) is 19.3. The van der Waals surface area contributed by atoms with Crippen LogP contribution < -0.4 is 10.2 Å². The summed E-state index contributed by atoms with van der Waals surface area (Å²) in [4.78, 5) is 14.9. The van der Waals surface area contributed by atoms with Gasteiger partial charge in [0.05, 0.1) is 18.2 Å². The SMILES string of the molecule is Cc1ccc(N2C[C@@H](NC(=O)Cc3ccc(C4CC4)c(F)c3)C3(CC3)C2)nn1. The van der Waals surface area contributed by atoms with E-state index in [9.17, 15) is 9.18 Å². The highest BCUT2D eigenvalue weighted by Gasteiger charge is 2.55. The van der Waals surface area contributed by atoms with Crippen LogP contribution in [0.25, 0.3) is 0 Å². The third-order valence-corrected chi connectivity index (χ3v) is 6.43.